The second-order valence-electron chi connectivity index (χ2n) is 6.38. The normalized spacial score (nSPS) is 10.6. The molecule has 9 nitrogen and oxygen atoms in total. The number of nitrogens with zero attached hydrogens (tertiary/aromatic N) is 2. The maximum atomic E-state index is 11.9. The van der Waals surface area contributed by atoms with E-state index in [2.05, 4.69) is 25.6 Å². The van der Waals surface area contributed by atoms with Gasteiger partial charge in [-0.3, -0.25) is 4.79 Å². The van der Waals surface area contributed by atoms with E-state index >= 15 is 0 Å². The number of carbonyl (C=O) groups excluding carboxylic acids is 1. The standard InChI is InChI=1S/C21H25N5O4/c1-2-28-17-10-6-9-16(19(17)29-14-15-7-4-3-5-8-15)13-23-11-12-24-21(27)18-20(22)26-30-25-18/h3-10,23H,2,11-14H2,1H3,(H2,22,26)(H,24,27). The van der Waals surface area contributed by atoms with Gasteiger partial charge in [-0.15, -0.1) is 0 Å². The van der Waals surface area contributed by atoms with E-state index in [9.17, 15) is 4.79 Å². The van der Waals surface area contributed by atoms with Gasteiger partial charge < -0.3 is 25.8 Å². The number of anilines is 1. The summed E-state index contributed by atoms with van der Waals surface area (Å²) in [7, 11) is 0. The molecular formula is C21H25N5O4. The van der Waals surface area contributed by atoms with Crippen LogP contribution in [0, 0.1) is 0 Å². The van der Waals surface area contributed by atoms with Crippen LogP contribution in [0.15, 0.2) is 53.2 Å². The third kappa shape index (κ3) is 5.71. The molecule has 0 spiro atoms. The smallest absolute Gasteiger partial charge is 0.277 e. The Hall–Kier alpha value is -3.59. The molecule has 0 aliphatic heterocycles. The van der Waals surface area contributed by atoms with Crippen molar-refractivity contribution in [3.8, 4) is 11.5 Å². The van der Waals surface area contributed by atoms with E-state index in [1.165, 1.54) is 0 Å². The zero-order valence-electron chi connectivity index (χ0n) is 16.8. The summed E-state index contributed by atoms with van der Waals surface area (Å²) in [6.07, 6.45) is 0. The first kappa shape index (κ1) is 21.1. The number of aromatic nitrogens is 2. The summed E-state index contributed by atoms with van der Waals surface area (Å²) < 4.78 is 16.2. The van der Waals surface area contributed by atoms with Crippen LogP contribution in [-0.2, 0) is 13.2 Å². The number of para-hydroxylation sites is 1. The number of amides is 1. The van der Waals surface area contributed by atoms with Crippen molar-refractivity contribution in [1.82, 2.24) is 20.9 Å². The van der Waals surface area contributed by atoms with E-state index in [0.717, 1.165) is 11.1 Å². The molecule has 158 valence electrons. The molecule has 0 bridgehead atoms. The predicted octanol–water partition coefficient (Wildman–Crippen LogP) is 2.15. The Labute approximate surface area is 174 Å². The molecule has 4 N–H and O–H groups in total. The summed E-state index contributed by atoms with van der Waals surface area (Å²) in [5.74, 6) is 0.949. The van der Waals surface area contributed by atoms with Crippen molar-refractivity contribution in [2.75, 3.05) is 25.4 Å². The zero-order chi connectivity index (χ0) is 21.2. The molecule has 30 heavy (non-hydrogen) atoms. The van der Waals surface area contributed by atoms with E-state index in [-0.39, 0.29) is 11.5 Å². The molecule has 9 heteroatoms. The Morgan fingerprint density at radius 3 is 2.63 bits per heavy atom. The molecule has 3 aromatic rings. The van der Waals surface area contributed by atoms with Gasteiger partial charge in [0.05, 0.1) is 6.61 Å². The largest absolute Gasteiger partial charge is 0.490 e. The highest BCUT2D eigenvalue weighted by Gasteiger charge is 2.15. The van der Waals surface area contributed by atoms with Gasteiger partial charge in [0, 0.05) is 25.2 Å². The Morgan fingerprint density at radius 2 is 1.90 bits per heavy atom. The lowest BCUT2D eigenvalue weighted by Crippen LogP contribution is -2.32. The number of nitrogens with one attached hydrogen (secondary N) is 2. The average molecular weight is 411 g/mol. The highest BCUT2D eigenvalue weighted by Crippen LogP contribution is 2.32. The Morgan fingerprint density at radius 1 is 1.07 bits per heavy atom. The fourth-order valence-corrected chi connectivity index (χ4v) is 2.79. The summed E-state index contributed by atoms with van der Waals surface area (Å²) >= 11 is 0. The molecule has 0 aliphatic rings. The first-order valence-corrected chi connectivity index (χ1v) is 9.67. The summed E-state index contributed by atoms with van der Waals surface area (Å²) in [6, 6.07) is 15.8. The van der Waals surface area contributed by atoms with Gasteiger partial charge >= 0.3 is 0 Å². The molecule has 2 aromatic carbocycles. The van der Waals surface area contributed by atoms with Crippen molar-refractivity contribution in [3.63, 3.8) is 0 Å². The van der Waals surface area contributed by atoms with Gasteiger partial charge in [-0.05, 0) is 28.9 Å². The first-order valence-electron chi connectivity index (χ1n) is 9.67. The van der Waals surface area contributed by atoms with Gasteiger partial charge in [0.25, 0.3) is 5.91 Å². The van der Waals surface area contributed by atoms with Gasteiger partial charge in [-0.25, -0.2) is 4.63 Å². The number of benzene rings is 2. The molecule has 0 atom stereocenters. The van der Waals surface area contributed by atoms with E-state index in [1.54, 1.807) is 0 Å². The number of hydrogen-bond acceptors (Lipinski definition) is 8. The van der Waals surface area contributed by atoms with Crippen LogP contribution in [0.3, 0.4) is 0 Å². The summed E-state index contributed by atoms with van der Waals surface area (Å²) in [5.41, 5.74) is 7.53. The number of nitrogens with two attached hydrogens (primary N) is 1. The lowest BCUT2D eigenvalue weighted by Gasteiger charge is -2.16. The Balaban J connectivity index is 1.54. The molecule has 0 saturated heterocycles. The van der Waals surface area contributed by atoms with Crippen molar-refractivity contribution >= 4 is 11.7 Å². The summed E-state index contributed by atoms with van der Waals surface area (Å²) in [6.45, 7) is 4.40. The van der Waals surface area contributed by atoms with E-state index in [1.807, 2.05) is 55.5 Å². The van der Waals surface area contributed by atoms with Crippen LogP contribution in [0.4, 0.5) is 5.82 Å². The summed E-state index contributed by atoms with van der Waals surface area (Å²) in [4.78, 5) is 11.9. The second-order valence-corrected chi connectivity index (χ2v) is 6.38. The SMILES string of the molecule is CCOc1cccc(CNCCNC(=O)c2nonc2N)c1OCc1ccccc1. The quantitative estimate of drug-likeness (QED) is 0.410. The minimum atomic E-state index is -0.430. The van der Waals surface area contributed by atoms with Gasteiger partial charge in [0.2, 0.25) is 11.5 Å². The maximum Gasteiger partial charge on any atom is 0.277 e. The maximum absolute atomic E-state index is 11.9. The number of ether oxygens (including phenoxy) is 2. The van der Waals surface area contributed by atoms with E-state index < -0.39 is 5.91 Å². The Bertz CT molecular complexity index is 946. The molecule has 3 rings (SSSR count). The number of nitrogen functional groups attached to an aromatic ring is 1. The van der Waals surface area contributed by atoms with Crippen molar-refractivity contribution in [2.24, 2.45) is 0 Å². The van der Waals surface area contributed by atoms with Crippen LogP contribution < -0.4 is 25.8 Å². The monoisotopic (exact) mass is 411 g/mol. The fraction of sp³-hybridized carbons (Fsp3) is 0.286. The van der Waals surface area contributed by atoms with E-state index in [4.69, 9.17) is 15.2 Å². The molecule has 1 aromatic heterocycles. The Kier molecular flexibility index (Phi) is 7.62. The molecule has 1 heterocycles. The topological polar surface area (TPSA) is 125 Å². The van der Waals surface area contributed by atoms with E-state index in [0.29, 0.717) is 44.3 Å². The highest BCUT2D eigenvalue weighted by atomic mass is 16.6. The minimum Gasteiger partial charge on any atom is -0.490 e. The average Bonchev–Trinajstić information content (AvgIpc) is 3.19. The first-order chi connectivity index (χ1) is 14.7. The minimum absolute atomic E-state index is 0.0176. The second kappa shape index (κ2) is 10.8. The fourth-order valence-electron chi connectivity index (χ4n) is 2.79. The van der Waals surface area contributed by atoms with Crippen molar-refractivity contribution in [3.05, 3.63) is 65.4 Å². The molecule has 1 amide bonds. The lowest BCUT2D eigenvalue weighted by molar-refractivity contribution is 0.0944. The highest BCUT2D eigenvalue weighted by molar-refractivity contribution is 5.95. The van der Waals surface area contributed by atoms with Crippen molar-refractivity contribution in [1.29, 1.82) is 0 Å². The molecule has 0 unspecified atom stereocenters. The third-order valence-electron chi connectivity index (χ3n) is 4.22. The van der Waals surface area contributed by atoms with Crippen molar-refractivity contribution < 1.29 is 18.9 Å². The van der Waals surface area contributed by atoms with Crippen LogP contribution in [0.2, 0.25) is 0 Å². The zero-order valence-corrected chi connectivity index (χ0v) is 16.8. The molecule has 0 radical (unpaired) electrons. The molecule has 0 aliphatic carbocycles. The van der Waals surface area contributed by atoms with Crippen LogP contribution in [0.25, 0.3) is 0 Å². The third-order valence-corrected chi connectivity index (χ3v) is 4.22. The van der Waals surface area contributed by atoms with Crippen LogP contribution >= 0.6 is 0 Å². The van der Waals surface area contributed by atoms with Gasteiger partial charge in [0.15, 0.2) is 11.5 Å². The van der Waals surface area contributed by atoms with Gasteiger partial charge in [0.1, 0.15) is 6.61 Å². The van der Waals surface area contributed by atoms with Crippen LogP contribution in [-0.4, -0.2) is 35.9 Å². The van der Waals surface area contributed by atoms with Gasteiger partial charge in [-0.1, -0.05) is 42.5 Å². The number of rotatable bonds is 11. The van der Waals surface area contributed by atoms with Crippen LogP contribution in [0.5, 0.6) is 11.5 Å². The molecule has 0 fully saturated rings. The molecule has 0 saturated carbocycles. The van der Waals surface area contributed by atoms with Crippen LogP contribution in [0.1, 0.15) is 28.5 Å². The van der Waals surface area contributed by atoms with Crippen molar-refractivity contribution in [2.45, 2.75) is 20.1 Å². The number of carbonyl (C=O) groups is 1. The summed E-state index contributed by atoms with van der Waals surface area (Å²) in [5, 5.41) is 12.8. The molecular weight excluding hydrogens is 386 g/mol. The van der Waals surface area contributed by atoms with Gasteiger partial charge in [-0.2, -0.15) is 0 Å². The predicted molar refractivity (Wildman–Crippen MR) is 111 cm³/mol. The number of hydrogen-bond donors (Lipinski definition) is 3. The lowest BCUT2D eigenvalue weighted by atomic mass is 10.1.